The van der Waals surface area contributed by atoms with Crippen molar-refractivity contribution < 1.29 is 0 Å². The van der Waals surface area contributed by atoms with Gasteiger partial charge in [0.1, 0.15) is 5.82 Å². The Kier molecular flexibility index (Phi) is 5.73. The van der Waals surface area contributed by atoms with Gasteiger partial charge in [-0.3, -0.25) is 0 Å². The van der Waals surface area contributed by atoms with Crippen molar-refractivity contribution in [2.75, 3.05) is 31.5 Å². The van der Waals surface area contributed by atoms with Gasteiger partial charge in [0, 0.05) is 23.8 Å². The van der Waals surface area contributed by atoms with Gasteiger partial charge < -0.3 is 10.2 Å². The summed E-state index contributed by atoms with van der Waals surface area (Å²) in [7, 11) is 0. The summed E-state index contributed by atoms with van der Waals surface area (Å²) in [5.41, 5.74) is 0. The number of rotatable bonds is 4. The Morgan fingerprint density at radius 1 is 1.28 bits per heavy atom. The maximum atomic E-state index is 6.11. The molecule has 1 saturated heterocycles. The van der Waals surface area contributed by atoms with Gasteiger partial charge in [0.05, 0.1) is 5.02 Å². The zero-order valence-electron chi connectivity index (χ0n) is 10.5. The molecular formula is C13H19BrClN3. The van der Waals surface area contributed by atoms with Crippen LogP contribution in [0.5, 0.6) is 0 Å². The number of hydrogen-bond acceptors (Lipinski definition) is 3. The normalized spacial score (nSPS) is 17.4. The minimum Gasteiger partial charge on any atom is -0.368 e. The average molecular weight is 333 g/mol. The monoisotopic (exact) mass is 331 g/mol. The summed E-state index contributed by atoms with van der Waals surface area (Å²) < 4.78 is 0.908. The molecule has 0 amide bonds. The van der Waals surface area contributed by atoms with Crippen LogP contribution in [0.3, 0.4) is 0 Å². The molecule has 1 aliphatic rings. The fraction of sp³-hybridized carbons (Fsp3) is 0.615. The van der Waals surface area contributed by atoms with E-state index in [1.807, 2.05) is 6.07 Å². The minimum atomic E-state index is 0.667. The van der Waals surface area contributed by atoms with Crippen LogP contribution in [-0.2, 0) is 0 Å². The van der Waals surface area contributed by atoms with Crippen molar-refractivity contribution in [3.8, 4) is 0 Å². The van der Waals surface area contributed by atoms with Crippen molar-refractivity contribution in [2.45, 2.75) is 25.7 Å². The van der Waals surface area contributed by atoms with Gasteiger partial charge in [0.2, 0.25) is 0 Å². The second kappa shape index (κ2) is 7.31. The van der Waals surface area contributed by atoms with E-state index in [2.05, 4.69) is 31.1 Å². The summed E-state index contributed by atoms with van der Waals surface area (Å²) in [5, 5.41) is 3.97. The number of pyridine rings is 1. The molecule has 0 atom stereocenters. The lowest BCUT2D eigenvalue weighted by atomic mass is 10.2. The molecule has 2 rings (SSSR count). The lowest BCUT2D eigenvalue weighted by molar-refractivity contribution is 0.296. The van der Waals surface area contributed by atoms with E-state index in [0.29, 0.717) is 5.02 Å². The summed E-state index contributed by atoms with van der Waals surface area (Å²) in [5.74, 6) is 0.773. The van der Waals surface area contributed by atoms with Crippen LogP contribution in [0.1, 0.15) is 25.7 Å². The number of nitrogens with one attached hydrogen (secondary N) is 1. The van der Waals surface area contributed by atoms with Crippen LogP contribution in [0, 0.1) is 0 Å². The summed E-state index contributed by atoms with van der Waals surface area (Å²) in [4.78, 5) is 6.79. The highest BCUT2D eigenvalue weighted by molar-refractivity contribution is 9.10. The molecule has 5 heteroatoms. The first kappa shape index (κ1) is 14.1. The number of likely N-dealkylation sites (tertiary alicyclic amines) is 1. The van der Waals surface area contributed by atoms with Crippen LogP contribution >= 0.6 is 27.5 Å². The summed E-state index contributed by atoms with van der Waals surface area (Å²) in [6.07, 6.45) is 7.18. The third-order valence-electron chi connectivity index (χ3n) is 3.23. The summed E-state index contributed by atoms with van der Waals surface area (Å²) >= 11 is 9.46. The Hall–Kier alpha value is -0.320. The molecule has 0 saturated carbocycles. The van der Waals surface area contributed by atoms with Crippen LogP contribution < -0.4 is 5.32 Å². The first-order chi connectivity index (χ1) is 8.75. The Bertz CT molecular complexity index is 378. The quantitative estimate of drug-likeness (QED) is 0.909. The van der Waals surface area contributed by atoms with Gasteiger partial charge in [-0.25, -0.2) is 4.98 Å². The fourth-order valence-electron chi connectivity index (χ4n) is 2.24. The van der Waals surface area contributed by atoms with E-state index in [9.17, 15) is 0 Å². The molecule has 0 spiro atoms. The average Bonchev–Trinajstić information content (AvgIpc) is 2.60. The van der Waals surface area contributed by atoms with Gasteiger partial charge in [-0.2, -0.15) is 0 Å². The van der Waals surface area contributed by atoms with Gasteiger partial charge >= 0.3 is 0 Å². The van der Waals surface area contributed by atoms with E-state index in [-0.39, 0.29) is 0 Å². The molecule has 0 aliphatic carbocycles. The van der Waals surface area contributed by atoms with Crippen LogP contribution in [-0.4, -0.2) is 36.1 Å². The Morgan fingerprint density at radius 3 is 2.67 bits per heavy atom. The highest BCUT2D eigenvalue weighted by atomic mass is 79.9. The highest BCUT2D eigenvalue weighted by Gasteiger charge is 2.08. The van der Waals surface area contributed by atoms with E-state index in [0.717, 1.165) is 23.4 Å². The van der Waals surface area contributed by atoms with Crippen molar-refractivity contribution in [1.29, 1.82) is 0 Å². The molecule has 3 nitrogen and oxygen atoms in total. The molecule has 0 unspecified atom stereocenters. The van der Waals surface area contributed by atoms with Gasteiger partial charge in [-0.1, -0.05) is 24.4 Å². The zero-order chi connectivity index (χ0) is 12.8. The predicted octanol–water partition coefficient (Wildman–Crippen LogP) is 3.79. The SMILES string of the molecule is Clc1cc(Br)cnc1NCCN1CCCCCC1. The molecule has 2 heterocycles. The molecule has 1 aliphatic heterocycles. The Morgan fingerprint density at radius 2 is 2.00 bits per heavy atom. The van der Waals surface area contributed by atoms with E-state index < -0.39 is 0 Å². The maximum absolute atomic E-state index is 6.11. The van der Waals surface area contributed by atoms with Crippen molar-refractivity contribution in [3.05, 3.63) is 21.8 Å². The molecule has 100 valence electrons. The molecule has 1 aromatic rings. The van der Waals surface area contributed by atoms with Gasteiger partial charge in [0.25, 0.3) is 0 Å². The third-order valence-corrected chi connectivity index (χ3v) is 3.95. The maximum Gasteiger partial charge on any atom is 0.144 e. The molecule has 1 N–H and O–H groups in total. The molecule has 0 radical (unpaired) electrons. The number of nitrogens with zero attached hydrogens (tertiary/aromatic N) is 2. The van der Waals surface area contributed by atoms with Crippen molar-refractivity contribution in [1.82, 2.24) is 9.88 Å². The summed E-state index contributed by atoms with van der Waals surface area (Å²) in [6.45, 7) is 4.41. The van der Waals surface area contributed by atoms with Crippen molar-refractivity contribution in [3.63, 3.8) is 0 Å². The van der Waals surface area contributed by atoms with Crippen LogP contribution in [0.2, 0.25) is 5.02 Å². The number of hydrogen-bond donors (Lipinski definition) is 1. The van der Waals surface area contributed by atoms with E-state index >= 15 is 0 Å². The van der Waals surface area contributed by atoms with Crippen LogP contribution in [0.4, 0.5) is 5.82 Å². The Labute approximate surface area is 122 Å². The Balaban J connectivity index is 1.77. The van der Waals surface area contributed by atoms with Crippen LogP contribution in [0.15, 0.2) is 16.7 Å². The van der Waals surface area contributed by atoms with Crippen molar-refractivity contribution in [2.24, 2.45) is 0 Å². The molecule has 1 fully saturated rings. The van der Waals surface area contributed by atoms with Crippen LogP contribution in [0.25, 0.3) is 0 Å². The highest BCUT2D eigenvalue weighted by Crippen LogP contribution is 2.22. The topological polar surface area (TPSA) is 28.2 Å². The zero-order valence-corrected chi connectivity index (χ0v) is 12.8. The molecule has 1 aromatic heterocycles. The van der Waals surface area contributed by atoms with E-state index in [1.165, 1.54) is 38.8 Å². The number of halogens is 2. The molecule has 0 bridgehead atoms. The molecule has 18 heavy (non-hydrogen) atoms. The van der Waals surface area contributed by atoms with E-state index in [1.54, 1.807) is 6.20 Å². The first-order valence-corrected chi connectivity index (χ1v) is 7.70. The second-order valence-electron chi connectivity index (χ2n) is 4.67. The lowest BCUT2D eigenvalue weighted by Crippen LogP contribution is -2.30. The summed E-state index contributed by atoms with van der Waals surface area (Å²) in [6, 6.07) is 1.86. The number of anilines is 1. The lowest BCUT2D eigenvalue weighted by Gasteiger charge is -2.20. The fourth-order valence-corrected chi connectivity index (χ4v) is 2.93. The van der Waals surface area contributed by atoms with Gasteiger partial charge in [-0.15, -0.1) is 0 Å². The molecular weight excluding hydrogens is 314 g/mol. The van der Waals surface area contributed by atoms with E-state index in [4.69, 9.17) is 11.6 Å². The minimum absolute atomic E-state index is 0.667. The van der Waals surface area contributed by atoms with Gasteiger partial charge in [-0.05, 0) is 47.9 Å². The second-order valence-corrected chi connectivity index (χ2v) is 5.99. The number of aromatic nitrogens is 1. The third kappa shape index (κ3) is 4.41. The predicted molar refractivity (Wildman–Crippen MR) is 80.3 cm³/mol. The molecule has 0 aromatic carbocycles. The first-order valence-electron chi connectivity index (χ1n) is 6.53. The van der Waals surface area contributed by atoms with Crippen molar-refractivity contribution >= 4 is 33.3 Å². The standard InChI is InChI=1S/C13H19BrClN3/c14-11-9-12(15)13(17-10-11)16-5-8-18-6-3-1-2-4-7-18/h9-10H,1-8H2,(H,16,17). The largest absolute Gasteiger partial charge is 0.368 e. The van der Waals surface area contributed by atoms with Gasteiger partial charge in [0.15, 0.2) is 0 Å². The smallest absolute Gasteiger partial charge is 0.144 e.